The number of carbonyl (C=O) groups is 1. The molecule has 0 aromatic heterocycles. The summed E-state index contributed by atoms with van der Waals surface area (Å²) in [4.78, 5) is 17.3. The third-order valence-corrected chi connectivity index (χ3v) is 5.56. The van der Waals surface area contributed by atoms with Gasteiger partial charge in [-0.15, -0.1) is 0 Å². The lowest BCUT2D eigenvalue weighted by molar-refractivity contribution is 0.0691. The zero-order chi connectivity index (χ0) is 15.4. The molecule has 1 aliphatic carbocycles. The first-order chi connectivity index (χ1) is 10.7. The largest absolute Gasteiger partial charge is 0.298 e. The SMILES string of the molecule is O=C(CN1CCN(C2CCCCC2)CC1)c1ccc(Br)cc1. The third kappa shape index (κ3) is 4.18. The Bertz CT molecular complexity index is 488. The van der Waals surface area contributed by atoms with E-state index < -0.39 is 0 Å². The minimum Gasteiger partial charge on any atom is -0.298 e. The van der Waals surface area contributed by atoms with Gasteiger partial charge in [0.15, 0.2) is 5.78 Å². The summed E-state index contributed by atoms with van der Waals surface area (Å²) in [6, 6.07) is 8.50. The standard InChI is InChI=1S/C18H25BrN2O/c19-16-8-6-15(7-9-16)18(22)14-20-10-12-21(13-11-20)17-4-2-1-3-5-17/h6-9,17H,1-5,10-14H2. The first-order valence-electron chi connectivity index (χ1n) is 8.47. The van der Waals surface area contributed by atoms with E-state index in [1.165, 1.54) is 32.1 Å². The van der Waals surface area contributed by atoms with Gasteiger partial charge in [0.05, 0.1) is 6.54 Å². The van der Waals surface area contributed by atoms with Crippen LogP contribution in [0.25, 0.3) is 0 Å². The Labute approximate surface area is 141 Å². The van der Waals surface area contributed by atoms with Crippen LogP contribution in [0.3, 0.4) is 0 Å². The van der Waals surface area contributed by atoms with Gasteiger partial charge in [-0.3, -0.25) is 14.6 Å². The Morgan fingerprint density at radius 1 is 1.00 bits per heavy atom. The van der Waals surface area contributed by atoms with Crippen molar-refractivity contribution in [1.82, 2.24) is 9.80 Å². The Morgan fingerprint density at radius 3 is 2.27 bits per heavy atom. The van der Waals surface area contributed by atoms with Crippen LogP contribution in [-0.4, -0.2) is 54.3 Å². The smallest absolute Gasteiger partial charge is 0.176 e. The number of piperazine rings is 1. The molecule has 0 unspecified atom stereocenters. The van der Waals surface area contributed by atoms with Gasteiger partial charge in [-0.2, -0.15) is 0 Å². The van der Waals surface area contributed by atoms with E-state index in [-0.39, 0.29) is 5.78 Å². The zero-order valence-corrected chi connectivity index (χ0v) is 14.7. The van der Waals surface area contributed by atoms with E-state index >= 15 is 0 Å². The van der Waals surface area contributed by atoms with Crippen molar-refractivity contribution in [2.75, 3.05) is 32.7 Å². The van der Waals surface area contributed by atoms with Crippen molar-refractivity contribution in [3.05, 3.63) is 34.3 Å². The van der Waals surface area contributed by atoms with Gasteiger partial charge < -0.3 is 0 Å². The fourth-order valence-corrected chi connectivity index (χ4v) is 3.93. The van der Waals surface area contributed by atoms with Crippen molar-refractivity contribution in [3.63, 3.8) is 0 Å². The molecule has 4 heteroatoms. The molecule has 1 aromatic rings. The number of hydrogen-bond acceptors (Lipinski definition) is 3. The first kappa shape index (κ1) is 16.2. The molecule has 22 heavy (non-hydrogen) atoms. The quantitative estimate of drug-likeness (QED) is 0.762. The van der Waals surface area contributed by atoms with Crippen LogP contribution in [0.1, 0.15) is 42.5 Å². The molecule has 120 valence electrons. The van der Waals surface area contributed by atoms with Crippen LogP contribution in [0.2, 0.25) is 0 Å². The molecule has 1 aliphatic heterocycles. The number of carbonyl (C=O) groups excluding carboxylic acids is 1. The minimum absolute atomic E-state index is 0.235. The molecule has 1 saturated carbocycles. The molecule has 2 aliphatic rings. The van der Waals surface area contributed by atoms with Gasteiger partial charge in [0.2, 0.25) is 0 Å². The lowest BCUT2D eigenvalue weighted by atomic mass is 9.94. The van der Waals surface area contributed by atoms with E-state index in [4.69, 9.17) is 0 Å². The zero-order valence-electron chi connectivity index (χ0n) is 13.1. The van der Waals surface area contributed by atoms with E-state index in [2.05, 4.69) is 25.7 Å². The van der Waals surface area contributed by atoms with Crippen LogP contribution in [0, 0.1) is 0 Å². The first-order valence-corrected chi connectivity index (χ1v) is 9.27. The number of nitrogens with zero attached hydrogens (tertiary/aromatic N) is 2. The second kappa shape index (κ2) is 7.71. The summed E-state index contributed by atoms with van der Waals surface area (Å²) in [5, 5.41) is 0. The molecule has 1 saturated heterocycles. The monoisotopic (exact) mass is 364 g/mol. The molecule has 0 N–H and O–H groups in total. The van der Waals surface area contributed by atoms with Crippen LogP contribution < -0.4 is 0 Å². The molecule has 0 radical (unpaired) electrons. The summed E-state index contributed by atoms with van der Waals surface area (Å²) in [5.41, 5.74) is 0.818. The van der Waals surface area contributed by atoms with Crippen molar-refractivity contribution in [3.8, 4) is 0 Å². The van der Waals surface area contributed by atoms with Crippen molar-refractivity contribution >= 4 is 21.7 Å². The van der Waals surface area contributed by atoms with Gasteiger partial charge in [-0.25, -0.2) is 0 Å². The molecule has 0 amide bonds. The van der Waals surface area contributed by atoms with Crippen LogP contribution in [0.15, 0.2) is 28.7 Å². The summed E-state index contributed by atoms with van der Waals surface area (Å²) in [6.07, 6.45) is 6.95. The van der Waals surface area contributed by atoms with E-state index in [9.17, 15) is 4.79 Å². The maximum Gasteiger partial charge on any atom is 0.176 e. The van der Waals surface area contributed by atoms with Crippen molar-refractivity contribution in [1.29, 1.82) is 0 Å². The number of rotatable bonds is 4. The molecule has 0 atom stereocenters. The van der Waals surface area contributed by atoms with Gasteiger partial charge in [-0.1, -0.05) is 47.3 Å². The van der Waals surface area contributed by atoms with Gasteiger partial charge in [-0.05, 0) is 25.0 Å². The molecule has 1 heterocycles. The van der Waals surface area contributed by atoms with Crippen LogP contribution in [0.5, 0.6) is 0 Å². The highest BCUT2D eigenvalue weighted by Crippen LogP contribution is 2.23. The second-order valence-electron chi connectivity index (χ2n) is 6.53. The van der Waals surface area contributed by atoms with Gasteiger partial charge in [0.25, 0.3) is 0 Å². The predicted octanol–water partition coefficient (Wildman–Crippen LogP) is 3.58. The average Bonchev–Trinajstić information content (AvgIpc) is 2.57. The van der Waals surface area contributed by atoms with E-state index in [1.807, 2.05) is 24.3 Å². The molecular weight excluding hydrogens is 340 g/mol. The van der Waals surface area contributed by atoms with Crippen LogP contribution >= 0.6 is 15.9 Å². The summed E-state index contributed by atoms with van der Waals surface area (Å²) in [5.74, 6) is 0.235. The summed E-state index contributed by atoms with van der Waals surface area (Å²) in [6.45, 7) is 4.86. The van der Waals surface area contributed by atoms with Crippen LogP contribution in [0.4, 0.5) is 0 Å². The Hall–Kier alpha value is -0.710. The Balaban J connectivity index is 1.47. The fourth-order valence-electron chi connectivity index (χ4n) is 3.66. The molecule has 0 bridgehead atoms. The number of Topliss-reactive ketones (excluding diaryl/α,β-unsaturated/α-hetero) is 1. The Kier molecular flexibility index (Phi) is 5.66. The lowest BCUT2D eigenvalue weighted by Crippen LogP contribution is -2.51. The highest BCUT2D eigenvalue weighted by molar-refractivity contribution is 9.10. The van der Waals surface area contributed by atoms with Gasteiger partial charge >= 0.3 is 0 Å². The summed E-state index contributed by atoms with van der Waals surface area (Å²) in [7, 11) is 0. The van der Waals surface area contributed by atoms with Crippen molar-refractivity contribution in [2.24, 2.45) is 0 Å². The average molecular weight is 365 g/mol. The molecule has 3 rings (SSSR count). The number of halogens is 1. The topological polar surface area (TPSA) is 23.6 Å². The molecule has 3 nitrogen and oxygen atoms in total. The minimum atomic E-state index is 0.235. The highest BCUT2D eigenvalue weighted by Gasteiger charge is 2.25. The predicted molar refractivity (Wildman–Crippen MR) is 93.4 cm³/mol. The number of benzene rings is 1. The maximum atomic E-state index is 12.3. The van der Waals surface area contributed by atoms with E-state index in [1.54, 1.807) is 0 Å². The molecule has 0 spiro atoms. The number of ketones is 1. The maximum absolute atomic E-state index is 12.3. The third-order valence-electron chi connectivity index (χ3n) is 5.03. The van der Waals surface area contributed by atoms with Gasteiger partial charge in [0.1, 0.15) is 0 Å². The van der Waals surface area contributed by atoms with Crippen molar-refractivity contribution < 1.29 is 4.79 Å². The van der Waals surface area contributed by atoms with Crippen LogP contribution in [-0.2, 0) is 0 Å². The lowest BCUT2D eigenvalue weighted by Gasteiger charge is -2.40. The summed E-state index contributed by atoms with van der Waals surface area (Å²) >= 11 is 3.41. The fraction of sp³-hybridized carbons (Fsp3) is 0.611. The second-order valence-corrected chi connectivity index (χ2v) is 7.45. The van der Waals surface area contributed by atoms with E-state index in [0.29, 0.717) is 6.54 Å². The van der Waals surface area contributed by atoms with Gasteiger partial charge in [0, 0.05) is 42.3 Å². The molecular formula is C18H25BrN2O. The normalized spacial score (nSPS) is 21.9. The Morgan fingerprint density at radius 2 is 1.64 bits per heavy atom. The van der Waals surface area contributed by atoms with Crippen molar-refractivity contribution in [2.45, 2.75) is 38.1 Å². The molecule has 2 fully saturated rings. The molecule has 1 aromatic carbocycles. The summed E-state index contributed by atoms with van der Waals surface area (Å²) < 4.78 is 1.02. The highest BCUT2D eigenvalue weighted by atomic mass is 79.9. The number of hydrogen-bond donors (Lipinski definition) is 0. The van der Waals surface area contributed by atoms with E-state index in [0.717, 1.165) is 42.3 Å².